The topological polar surface area (TPSA) is 85.1 Å². The molecule has 2 aromatic carbocycles. The first kappa shape index (κ1) is 14.3. The van der Waals surface area contributed by atoms with Gasteiger partial charge in [-0.3, -0.25) is 9.59 Å². The minimum Gasteiger partial charge on any atom is -0.352 e. The molecule has 0 bridgehead atoms. The second-order valence-electron chi connectivity index (χ2n) is 4.37. The van der Waals surface area contributed by atoms with Crippen molar-refractivity contribution in [2.45, 2.75) is 5.38 Å². The SMILES string of the molecule is O=c1cc(Nc2ccc(-c3noc(C(F)(F)Cl)n3)cc2)c1=O. The Kier molecular flexibility index (Phi) is 3.25. The lowest BCUT2D eigenvalue weighted by Gasteiger charge is -2.06. The average Bonchev–Trinajstić information content (AvgIpc) is 2.97. The fourth-order valence-corrected chi connectivity index (χ4v) is 1.80. The minimum absolute atomic E-state index is 0.0454. The zero-order valence-corrected chi connectivity index (χ0v) is 11.4. The van der Waals surface area contributed by atoms with Gasteiger partial charge >= 0.3 is 11.3 Å². The van der Waals surface area contributed by atoms with E-state index < -0.39 is 22.1 Å². The molecule has 0 amide bonds. The number of benzene rings is 1. The minimum atomic E-state index is -3.73. The first-order valence-corrected chi connectivity index (χ1v) is 6.31. The van der Waals surface area contributed by atoms with Crippen LogP contribution in [0.5, 0.6) is 0 Å². The lowest BCUT2D eigenvalue weighted by Crippen LogP contribution is -2.31. The van der Waals surface area contributed by atoms with E-state index in [1.165, 1.54) is 18.2 Å². The number of aromatic nitrogens is 2. The fourth-order valence-electron chi connectivity index (χ4n) is 1.72. The van der Waals surface area contributed by atoms with Gasteiger partial charge in [-0.25, -0.2) is 0 Å². The van der Waals surface area contributed by atoms with E-state index in [4.69, 9.17) is 11.6 Å². The maximum atomic E-state index is 12.8. The lowest BCUT2D eigenvalue weighted by atomic mass is 10.2. The van der Waals surface area contributed by atoms with E-state index in [1.807, 2.05) is 0 Å². The van der Waals surface area contributed by atoms with Crippen molar-refractivity contribution in [2.75, 3.05) is 5.32 Å². The summed E-state index contributed by atoms with van der Waals surface area (Å²) in [6.45, 7) is 0. The summed E-state index contributed by atoms with van der Waals surface area (Å²) in [4.78, 5) is 25.4. The van der Waals surface area contributed by atoms with Crippen LogP contribution in [0, 0.1) is 0 Å². The van der Waals surface area contributed by atoms with E-state index in [0.29, 0.717) is 11.3 Å². The second kappa shape index (κ2) is 4.99. The third-order valence-corrected chi connectivity index (χ3v) is 3.00. The van der Waals surface area contributed by atoms with Crippen molar-refractivity contribution in [1.29, 1.82) is 0 Å². The van der Waals surface area contributed by atoms with Crippen LogP contribution in [0.1, 0.15) is 5.89 Å². The molecule has 1 aromatic heterocycles. The highest BCUT2D eigenvalue weighted by Crippen LogP contribution is 2.32. The van der Waals surface area contributed by atoms with Gasteiger partial charge < -0.3 is 9.84 Å². The van der Waals surface area contributed by atoms with Gasteiger partial charge in [0.25, 0.3) is 0 Å². The summed E-state index contributed by atoms with van der Waals surface area (Å²) in [6.07, 6.45) is 0. The molecule has 0 atom stereocenters. The van der Waals surface area contributed by atoms with Gasteiger partial charge in [-0.2, -0.15) is 13.8 Å². The van der Waals surface area contributed by atoms with Crippen LogP contribution < -0.4 is 16.2 Å². The van der Waals surface area contributed by atoms with Gasteiger partial charge in [0, 0.05) is 17.3 Å². The van der Waals surface area contributed by atoms with Gasteiger partial charge in [0.1, 0.15) is 0 Å². The van der Waals surface area contributed by atoms with Crippen LogP contribution >= 0.6 is 11.6 Å². The van der Waals surface area contributed by atoms with Gasteiger partial charge in [0.05, 0.1) is 5.69 Å². The molecular weight excluding hydrogens is 320 g/mol. The molecule has 1 N–H and O–H groups in total. The highest BCUT2D eigenvalue weighted by molar-refractivity contribution is 6.21. The number of hydrogen-bond acceptors (Lipinski definition) is 6. The smallest absolute Gasteiger partial charge is 0.352 e. The summed E-state index contributed by atoms with van der Waals surface area (Å²) >= 11 is 4.78. The third-order valence-electron chi connectivity index (χ3n) is 2.83. The van der Waals surface area contributed by atoms with Gasteiger partial charge in [-0.1, -0.05) is 5.16 Å². The van der Waals surface area contributed by atoms with Crippen LogP contribution in [0.15, 0.2) is 44.4 Å². The molecule has 22 heavy (non-hydrogen) atoms. The van der Waals surface area contributed by atoms with Gasteiger partial charge in [-0.05, 0) is 35.9 Å². The molecule has 0 aliphatic heterocycles. The largest absolute Gasteiger partial charge is 0.400 e. The maximum Gasteiger partial charge on any atom is 0.400 e. The van der Waals surface area contributed by atoms with Gasteiger partial charge in [-0.15, -0.1) is 0 Å². The molecular formula is C13H6ClF2N3O3. The van der Waals surface area contributed by atoms with Gasteiger partial charge in [0.15, 0.2) is 0 Å². The molecule has 112 valence electrons. The van der Waals surface area contributed by atoms with Crippen molar-refractivity contribution >= 4 is 23.0 Å². The lowest BCUT2D eigenvalue weighted by molar-refractivity contribution is 0.0551. The third kappa shape index (κ3) is 2.60. The number of halogens is 3. The Hall–Kier alpha value is -2.61. The zero-order valence-electron chi connectivity index (χ0n) is 10.6. The van der Waals surface area contributed by atoms with Crippen molar-refractivity contribution in [3.8, 4) is 11.4 Å². The molecule has 1 heterocycles. The van der Waals surface area contributed by atoms with E-state index in [0.717, 1.165) is 0 Å². The number of rotatable bonds is 4. The summed E-state index contributed by atoms with van der Waals surface area (Å²) in [5.74, 6) is -1.04. The summed E-state index contributed by atoms with van der Waals surface area (Å²) in [5.41, 5.74) is 0.0201. The van der Waals surface area contributed by atoms with Crippen LogP contribution in [0.25, 0.3) is 11.4 Å². The molecule has 0 saturated carbocycles. The summed E-state index contributed by atoms with van der Waals surface area (Å²) in [6, 6.07) is 7.40. The number of alkyl halides is 3. The Bertz CT molecular complexity index is 892. The van der Waals surface area contributed by atoms with Crippen LogP contribution in [0.4, 0.5) is 20.2 Å². The van der Waals surface area contributed by atoms with Crippen LogP contribution in [0.2, 0.25) is 0 Å². The molecule has 0 radical (unpaired) electrons. The molecule has 0 fully saturated rings. The fraction of sp³-hybridized carbons (Fsp3) is 0.0769. The summed E-state index contributed by atoms with van der Waals surface area (Å²) in [7, 11) is 0. The molecule has 0 aliphatic carbocycles. The second-order valence-corrected chi connectivity index (χ2v) is 4.85. The Morgan fingerprint density at radius 1 is 1.18 bits per heavy atom. The molecule has 0 aliphatic rings. The van der Waals surface area contributed by atoms with Crippen molar-refractivity contribution < 1.29 is 13.3 Å². The predicted molar refractivity (Wildman–Crippen MR) is 74.1 cm³/mol. The predicted octanol–water partition coefficient (Wildman–Crippen LogP) is 2.36. The Morgan fingerprint density at radius 3 is 2.36 bits per heavy atom. The molecule has 0 saturated heterocycles. The number of nitrogens with one attached hydrogen (secondary N) is 1. The number of hydrogen-bond donors (Lipinski definition) is 1. The van der Waals surface area contributed by atoms with E-state index in [9.17, 15) is 18.4 Å². The van der Waals surface area contributed by atoms with Crippen molar-refractivity contribution in [1.82, 2.24) is 10.1 Å². The Labute approximate surface area is 126 Å². The quantitative estimate of drug-likeness (QED) is 0.585. The van der Waals surface area contributed by atoms with Crippen LogP contribution in [0.3, 0.4) is 0 Å². The molecule has 3 rings (SSSR count). The zero-order chi connectivity index (χ0) is 15.9. The van der Waals surface area contributed by atoms with Crippen molar-refractivity contribution in [2.24, 2.45) is 0 Å². The van der Waals surface area contributed by atoms with E-state index in [-0.39, 0.29) is 11.5 Å². The van der Waals surface area contributed by atoms with Gasteiger partial charge in [0.2, 0.25) is 16.7 Å². The molecule has 9 heteroatoms. The number of anilines is 2. The molecule has 0 spiro atoms. The monoisotopic (exact) mass is 325 g/mol. The summed E-state index contributed by atoms with van der Waals surface area (Å²) in [5, 5.41) is 2.44. The maximum absolute atomic E-state index is 12.8. The Morgan fingerprint density at radius 2 is 1.86 bits per heavy atom. The highest BCUT2D eigenvalue weighted by Gasteiger charge is 2.35. The average molecular weight is 326 g/mol. The summed E-state index contributed by atoms with van der Waals surface area (Å²) < 4.78 is 30.0. The molecule has 3 aromatic rings. The standard InChI is InChI=1S/C13H6ClF2N3O3/c14-13(15,16)12-18-11(19-22-12)6-1-3-7(4-2-6)17-8-5-9(20)10(8)21/h1-5,17H. The Balaban J connectivity index is 1.80. The van der Waals surface area contributed by atoms with Crippen molar-refractivity contribution in [3.05, 3.63) is 56.7 Å². The highest BCUT2D eigenvalue weighted by atomic mass is 35.5. The van der Waals surface area contributed by atoms with Crippen LogP contribution in [-0.4, -0.2) is 10.1 Å². The first-order chi connectivity index (χ1) is 10.3. The molecule has 6 nitrogen and oxygen atoms in total. The van der Waals surface area contributed by atoms with E-state index >= 15 is 0 Å². The van der Waals surface area contributed by atoms with Crippen LogP contribution in [-0.2, 0) is 5.38 Å². The first-order valence-electron chi connectivity index (χ1n) is 5.93. The molecule has 0 unspecified atom stereocenters. The van der Waals surface area contributed by atoms with E-state index in [1.54, 1.807) is 12.1 Å². The van der Waals surface area contributed by atoms with E-state index in [2.05, 4.69) is 20.0 Å². The normalized spacial score (nSPS) is 11.8. The van der Waals surface area contributed by atoms with Crippen molar-refractivity contribution in [3.63, 3.8) is 0 Å². The number of nitrogens with zero attached hydrogens (tertiary/aromatic N) is 2.